The summed E-state index contributed by atoms with van der Waals surface area (Å²) in [5.41, 5.74) is 10.6. The Kier molecular flexibility index (Phi) is 6.34. The fourth-order valence-electron chi connectivity index (χ4n) is 5.24. The second-order valence-corrected chi connectivity index (χ2v) is 9.87. The second kappa shape index (κ2) is 10.1. The van der Waals surface area contributed by atoms with Crippen LogP contribution in [0.15, 0.2) is 60.7 Å². The molecule has 0 unspecified atom stereocenters. The number of benzene rings is 1. The summed E-state index contributed by atoms with van der Waals surface area (Å²) in [6.07, 6.45) is 11.7. The first kappa shape index (κ1) is 23.9. The molecule has 8 bridgehead atoms. The zero-order chi connectivity index (χ0) is 26.1. The summed E-state index contributed by atoms with van der Waals surface area (Å²) in [5.74, 6) is 0.0546. The Morgan fingerprint density at radius 3 is 1.74 bits per heavy atom. The van der Waals surface area contributed by atoms with Crippen LogP contribution in [-0.4, -0.2) is 25.7 Å². The zero-order valence-electron chi connectivity index (χ0n) is 21.7. The average molecular weight is 499 g/mol. The molecule has 5 nitrogen and oxygen atoms in total. The predicted molar refractivity (Wildman–Crippen MR) is 157 cm³/mol. The molecule has 6 rings (SSSR count). The Labute approximate surface area is 222 Å². The highest BCUT2D eigenvalue weighted by atomic mass is 16.1. The number of nitrogens with one attached hydrogen (secondary N) is 2. The van der Waals surface area contributed by atoms with Crippen LogP contribution in [0.3, 0.4) is 0 Å². The van der Waals surface area contributed by atoms with Crippen LogP contribution in [0, 0.1) is 0 Å². The summed E-state index contributed by atoms with van der Waals surface area (Å²) in [7, 11) is 0. The van der Waals surface area contributed by atoms with E-state index in [0.717, 1.165) is 87.2 Å². The molecule has 0 spiro atoms. The predicted octanol–water partition coefficient (Wildman–Crippen LogP) is 7.79. The molecule has 2 aliphatic heterocycles. The van der Waals surface area contributed by atoms with E-state index in [2.05, 4.69) is 42.0 Å². The Morgan fingerprint density at radius 2 is 1.18 bits per heavy atom. The number of hydrogen-bond acceptors (Lipinski definition) is 3. The van der Waals surface area contributed by atoms with E-state index in [1.807, 2.05) is 66.8 Å². The standard InChI is InChI=1S/C33H30N4O/c1-3-6-21-8-5-9-22(7-4-2)32(21)33(38)30-19-29-18-27-13-12-25(35-27)16-23-10-11-24(34-23)17-26-14-15-28(36-26)20-31(30)37-29/h5,8-20,34,37H,3-4,6-7H2,1-2H3. The fourth-order valence-corrected chi connectivity index (χ4v) is 5.24. The number of nitrogens with zero attached hydrogens (tertiary/aromatic N) is 2. The van der Waals surface area contributed by atoms with E-state index in [1.54, 1.807) is 0 Å². The average Bonchev–Trinajstić information content (AvgIpc) is 3.70. The summed E-state index contributed by atoms with van der Waals surface area (Å²) in [6.45, 7) is 4.31. The molecule has 5 heteroatoms. The molecule has 5 heterocycles. The van der Waals surface area contributed by atoms with Crippen molar-refractivity contribution < 1.29 is 4.79 Å². The van der Waals surface area contributed by atoms with Crippen LogP contribution < -0.4 is 0 Å². The molecule has 0 saturated carbocycles. The molecule has 2 N–H and O–H groups in total. The van der Waals surface area contributed by atoms with Crippen molar-refractivity contribution in [2.24, 2.45) is 0 Å². The van der Waals surface area contributed by atoms with Crippen molar-refractivity contribution in [2.75, 3.05) is 0 Å². The number of carbonyl (C=O) groups excluding carboxylic acids is 1. The van der Waals surface area contributed by atoms with Gasteiger partial charge in [0.15, 0.2) is 5.78 Å². The number of aromatic nitrogens is 4. The van der Waals surface area contributed by atoms with Crippen LogP contribution in [0.2, 0.25) is 0 Å². The molecule has 2 aliphatic rings. The van der Waals surface area contributed by atoms with Crippen LogP contribution in [0.25, 0.3) is 46.4 Å². The third-order valence-corrected chi connectivity index (χ3v) is 6.92. The lowest BCUT2D eigenvalue weighted by atomic mass is 9.90. The van der Waals surface area contributed by atoms with Gasteiger partial charge in [-0.25, -0.2) is 9.97 Å². The molecular formula is C33H30N4O. The van der Waals surface area contributed by atoms with Crippen molar-refractivity contribution in [1.29, 1.82) is 0 Å². The molecule has 38 heavy (non-hydrogen) atoms. The largest absolute Gasteiger partial charge is 0.355 e. The van der Waals surface area contributed by atoms with Gasteiger partial charge in [-0.05, 0) is 90.7 Å². The van der Waals surface area contributed by atoms with Crippen LogP contribution >= 0.6 is 0 Å². The van der Waals surface area contributed by atoms with Crippen LogP contribution in [0.5, 0.6) is 0 Å². The Hall–Kier alpha value is -4.51. The summed E-state index contributed by atoms with van der Waals surface area (Å²) < 4.78 is 0. The molecule has 188 valence electrons. The lowest BCUT2D eigenvalue weighted by molar-refractivity contribution is 0.103. The number of rotatable bonds is 6. The minimum absolute atomic E-state index is 0.0546. The summed E-state index contributed by atoms with van der Waals surface area (Å²) in [4.78, 5) is 30.7. The molecule has 0 radical (unpaired) electrons. The van der Waals surface area contributed by atoms with Gasteiger partial charge in [-0.3, -0.25) is 4.79 Å². The van der Waals surface area contributed by atoms with E-state index in [-0.39, 0.29) is 5.78 Å². The highest BCUT2D eigenvalue weighted by molar-refractivity contribution is 6.15. The quantitative estimate of drug-likeness (QED) is 0.230. The van der Waals surface area contributed by atoms with Gasteiger partial charge in [0.05, 0.1) is 28.3 Å². The van der Waals surface area contributed by atoms with Crippen molar-refractivity contribution in [1.82, 2.24) is 19.9 Å². The van der Waals surface area contributed by atoms with Gasteiger partial charge >= 0.3 is 0 Å². The van der Waals surface area contributed by atoms with Crippen molar-refractivity contribution in [3.8, 4) is 0 Å². The maximum atomic E-state index is 14.2. The topological polar surface area (TPSA) is 74.4 Å². The summed E-state index contributed by atoms with van der Waals surface area (Å²) in [5, 5.41) is 0. The Balaban J connectivity index is 1.60. The first-order chi connectivity index (χ1) is 18.6. The normalized spacial score (nSPS) is 12.3. The molecule has 3 aromatic heterocycles. The Morgan fingerprint density at radius 1 is 0.658 bits per heavy atom. The third kappa shape index (κ3) is 4.75. The highest BCUT2D eigenvalue weighted by Gasteiger charge is 2.20. The minimum Gasteiger partial charge on any atom is -0.355 e. The van der Waals surface area contributed by atoms with Gasteiger partial charge in [0, 0.05) is 27.7 Å². The number of aromatic amines is 2. The van der Waals surface area contributed by atoms with Gasteiger partial charge in [-0.1, -0.05) is 44.9 Å². The molecule has 0 aliphatic carbocycles. The van der Waals surface area contributed by atoms with Gasteiger partial charge in [-0.2, -0.15) is 0 Å². The maximum Gasteiger partial charge on any atom is 0.195 e. The van der Waals surface area contributed by atoms with E-state index in [1.165, 1.54) is 0 Å². The van der Waals surface area contributed by atoms with Gasteiger partial charge in [0.1, 0.15) is 0 Å². The summed E-state index contributed by atoms with van der Waals surface area (Å²) in [6, 6.07) is 20.3. The first-order valence-electron chi connectivity index (χ1n) is 13.3. The zero-order valence-corrected chi connectivity index (χ0v) is 21.7. The SMILES string of the molecule is CCCc1cccc(CCC)c1C(=O)c1cc2cc3nc(cc4ccc(cc5nc(cc1[nH]2)C=C5)[nH]4)C=C3. The molecule has 4 aromatic rings. The molecular weight excluding hydrogens is 468 g/mol. The van der Waals surface area contributed by atoms with Gasteiger partial charge < -0.3 is 9.97 Å². The monoisotopic (exact) mass is 498 g/mol. The number of hydrogen-bond donors (Lipinski definition) is 2. The van der Waals surface area contributed by atoms with E-state index in [9.17, 15) is 4.79 Å². The molecule has 0 fully saturated rings. The molecule has 1 aromatic carbocycles. The van der Waals surface area contributed by atoms with Gasteiger partial charge in [0.25, 0.3) is 0 Å². The van der Waals surface area contributed by atoms with Crippen LogP contribution in [0.4, 0.5) is 0 Å². The maximum absolute atomic E-state index is 14.2. The molecule has 0 saturated heterocycles. The van der Waals surface area contributed by atoms with E-state index >= 15 is 0 Å². The molecule has 0 amide bonds. The fraction of sp³-hybridized carbons (Fsp3) is 0.182. The van der Waals surface area contributed by atoms with Crippen LogP contribution in [-0.2, 0) is 12.8 Å². The van der Waals surface area contributed by atoms with E-state index in [0.29, 0.717) is 5.56 Å². The van der Waals surface area contributed by atoms with Crippen molar-refractivity contribution in [3.63, 3.8) is 0 Å². The van der Waals surface area contributed by atoms with Crippen molar-refractivity contribution >= 4 is 52.2 Å². The minimum atomic E-state index is 0.0546. The van der Waals surface area contributed by atoms with Crippen LogP contribution in [0.1, 0.15) is 76.5 Å². The number of H-pyrrole nitrogens is 2. The Bertz CT molecular complexity index is 1740. The van der Waals surface area contributed by atoms with Crippen molar-refractivity contribution in [2.45, 2.75) is 39.5 Å². The smallest absolute Gasteiger partial charge is 0.195 e. The lowest BCUT2D eigenvalue weighted by Gasteiger charge is -2.13. The van der Waals surface area contributed by atoms with Crippen molar-refractivity contribution in [3.05, 3.63) is 106 Å². The van der Waals surface area contributed by atoms with E-state index in [4.69, 9.17) is 9.97 Å². The number of ketones is 1. The first-order valence-corrected chi connectivity index (χ1v) is 13.3. The number of fused-ring (bicyclic) bond motifs is 8. The lowest BCUT2D eigenvalue weighted by Crippen LogP contribution is -2.09. The van der Waals surface area contributed by atoms with Gasteiger partial charge in [0.2, 0.25) is 0 Å². The third-order valence-electron chi connectivity index (χ3n) is 6.92. The van der Waals surface area contributed by atoms with E-state index < -0.39 is 0 Å². The number of aryl methyl sites for hydroxylation is 2. The van der Waals surface area contributed by atoms with Gasteiger partial charge in [-0.15, -0.1) is 0 Å². The summed E-state index contributed by atoms with van der Waals surface area (Å²) >= 11 is 0. The highest BCUT2D eigenvalue weighted by Crippen LogP contribution is 2.26. The number of carbonyl (C=O) groups is 1. The second-order valence-electron chi connectivity index (χ2n) is 9.87. The molecule has 0 atom stereocenters.